The van der Waals surface area contributed by atoms with Crippen LogP contribution in [0.5, 0.6) is 11.5 Å². The molecule has 182 valence electrons. The molecule has 0 unspecified atom stereocenters. The number of aliphatic hydroxyl groups excluding tert-OH is 1. The Labute approximate surface area is 199 Å². The van der Waals surface area contributed by atoms with Crippen LogP contribution in [-0.4, -0.2) is 49.2 Å². The number of benzene rings is 2. The van der Waals surface area contributed by atoms with Crippen molar-refractivity contribution in [1.29, 1.82) is 0 Å². The minimum absolute atomic E-state index is 0.0818. The van der Waals surface area contributed by atoms with Crippen LogP contribution < -0.4 is 15.0 Å². The standard InChI is InChI=1S/C25H30N2O6S/c1-25(2,3)19-5-7-20(8-6-19)34(30,31)27(9-4-10-28)16-18-13-17-14-22-23(33-12-11-32-22)15-21(17)26-24(18)29/h5-8,13-15,28H,4,9-12,16H2,1-3H3,(H,26,29). The molecular formula is C25H30N2O6S. The monoisotopic (exact) mass is 486 g/mol. The smallest absolute Gasteiger partial charge is 0.252 e. The van der Waals surface area contributed by atoms with Crippen molar-refractivity contribution in [3.05, 3.63) is 63.9 Å². The van der Waals surface area contributed by atoms with Crippen LogP contribution in [0.25, 0.3) is 10.9 Å². The molecular weight excluding hydrogens is 456 g/mol. The van der Waals surface area contributed by atoms with Crippen molar-refractivity contribution in [2.24, 2.45) is 0 Å². The van der Waals surface area contributed by atoms with Crippen molar-refractivity contribution in [2.75, 3.05) is 26.4 Å². The van der Waals surface area contributed by atoms with Gasteiger partial charge in [0.15, 0.2) is 11.5 Å². The lowest BCUT2D eigenvalue weighted by Crippen LogP contribution is -2.34. The van der Waals surface area contributed by atoms with E-state index >= 15 is 0 Å². The molecule has 0 fully saturated rings. The summed E-state index contributed by atoms with van der Waals surface area (Å²) in [5, 5.41) is 10.1. The van der Waals surface area contributed by atoms with Crippen LogP contribution >= 0.6 is 0 Å². The van der Waals surface area contributed by atoms with Crippen LogP contribution in [0.15, 0.2) is 52.2 Å². The first kappa shape index (κ1) is 24.3. The van der Waals surface area contributed by atoms with Crippen molar-refractivity contribution in [3.8, 4) is 11.5 Å². The summed E-state index contributed by atoms with van der Waals surface area (Å²) in [5.41, 5.74) is 1.42. The molecule has 2 N–H and O–H groups in total. The summed E-state index contributed by atoms with van der Waals surface area (Å²) in [5.74, 6) is 1.15. The van der Waals surface area contributed by atoms with Gasteiger partial charge < -0.3 is 19.6 Å². The van der Waals surface area contributed by atoms with Crippen LogP contribution in [0, 0.1) is 0 Å². The number of ether oxygens (including phenoxy) is 2. The molecule has 8 nitrogen and oxygen atoms in total. The first-order chi connectivity index (χ1) is 16.1. The van der Waals surface area contributed by atoms with Crippen molar-refractivity contribution in [3.63, 3.8) is 0 Å². The van der Waals surface area contributed by atoms with Gasteiger partial charge in [-0.3, -0.25) is 4.79 Å². The molecule has 0 saturated heterocycles. The van der Waals surface area contributed by atoms with Gasteiger partial charge in [-0.1, -0.05) is 32.9 Å². The van der Waals surface area contributed by atoms with E-state index in [1.807, 2.05) is 12.1 Å². The van der Waals surface area contributed by atoms with Crippen LogP contribution in [0.1, 0.15) is 38.3 Å². The first-order valence-corrected chi connectivity index (χ1v) is 12.7. The molecule has 0 amide bonds. The number of hydrogen-bond acceptors (Lipinski definition) is 6. The maximum atomic E-state index is 13.5. The van der Waals surface area contributed by atoms with E-state index < -0.39 is 10.0 Å². The highest BCUT2D eigenvalue weighted by Gasteiger charge is 2.26. The van der Waals surface area contributed by atoms with Gasteiger partial charge in [0.05, 0.1) is 10.4 Å². The zero-order valence-corrected chi connectivity index (χ0v) is 20.4. The lowest BCUT2D eigenvalue weighted by Gasteiger charge is -2.23. The number of aliphatic hydroxyl groups is 1. The van der Waals surface area contributed by atoms with Gasteiger partial charge in [0, 0.05) is 36.7 Å². The normalized spacial score (nSPS) is 14.0. The number of sulfonamides is 1. The van der Waals surface area contributed by atoms with Gasteiger partial charge in [-0.2, -0.15) is 4.31 Å². The molecule has 9 heteroatoms. The molecule has 34 heavy (non-hydrogen) atoms. The second-order valence-electron chi connectivity index (χ2n) is 9.40. The minimum Gasteiger partial charge on any atom is -0.486 e. The number of nitrogens with zero attached hydrogens (tertiary/aromatic N) is 1. The molecule has 2 aromatic carbocycles. The Hall–Kier alpha value is -2.88. The Morgan fingerprint density at radius 3 is 2.29 bits per heavy atom. The van der Waals surface area contributed by atoms with E-state index in [1.165, 1.54) is 4.31 Å². The van der Waals surface area contributed by atoms with E-state index in [0.717, 1.165) is 5.56 Å². The fourth-order valence-electron chi connectivity index (χ4n) is 3.90. The summed E-state index contributed by atoms with van der Waals surface area (Å²) in [4.78, 5) is 15.8. The summed E-state index contributed by atoms with van der Waals surface area (Å²) in [6.45, 7) is 6.86. The third kappa shape index (κ3) is 4.96. The largest absolute Gasteiger partial charge is 0.486 e. The molecule has 1 aromatic heterocycles. The molecule has 0 spiro atoms. The fraction of sp³-hybridized carbons (Fsp3) is 0.400. The van der Waals surface area contributed by atoms with E-state index in [0.29, 0.717) is 41.2 Å². The summed E-state index contributed by atoms with van der Waals surface area (Å²) in [6, 6.07) is 12.0. The lowest BCUT2D eigenvalue weighted by molar-refractivity contribution is 0.172. The molecule has 1 aliphatic rings. The van der Waals surface area contributed by atoms with Gasteiger partial charge >= 0.3 is 0 Å². The van der Waals surface area contributed by atoms with Crippen molar-refractivity contribution >= 4 is 20.9 Å². The average molecular weight is 487 g/mol. The van der Waals surface area contributed by atoms with Gasteiger partial charge in [0.2, 0.25) is 10.0 Å². The molecule has 0 saturated carbocycles. The van der Waals surface area contributed by atoms with Gasteiger partial charge in [0.1, 0.15) is 13.2 Å². The van der Waals surface area contributed by atoms with Gasteiger partial charge in [-0.15, -0.1) is 0 Å². The van der Waals surface area contributed by atoms with E-state index in [4.69, 9.17) is 9.47 Å². The van der Waals surface area contributed by atoms with E-state index in [2.05, 4.69) is 25.8 Å². The topological polar surface area (TPSA) is 109 Å². The number of aromatic nitrogens is 1. The molecule has 0 aliphatic carbocycles. The molecule has 0 radical (unpaired) electrons. The highest BCUT2D eigenvalue weighted by atomic mass is 32.2. The molecule has 4 rings (SSSR count). The molecule has 1 aliphatic heterocycles. The van der Waals surface area contributed by atoms with Gasteiger partial charge in [0.25, 0.3) is 5.56 Å². The van der Waals surface area contributed by atoms with Crippen LogP contribution in [0.2, 0.25) is 0 Å². The zero-order valence-electron chi connectivity index (χ0n) is 19.6. The highest BCUT2D eigenvalue weighted by Crippen LogP contribution is 2.34. The van der Waals surface area contributed by atoms with Crippen molar-refractivity contribution in [2.45, 2.75) is 44.0 Å². The lowest BCUT2D eigenvalue weighted by atomic mass is 9.87. The van der Waals surface area contributed by atoms with Crippen LogP contribution in [0.4, 0.5) is 0 Å². The second kappa shape index (κ2) is 9.40. The quantitative estimate of drug-likeness (QED) is 0.531. The van der Waals surface area contributed by atoms with Crippen molar-refractivity contribution in [1.82, 2.24) is 9.29 Å². The third-order valence-corrected chi connectivity index (χ3v) is 7.71. The third-order valence-electron chi connectivity index (χ3n) is 5.85. The van der Waals surface area contributed by atoms with E-state index in [9.17, 15) is 18.3 Å². The number of aromatic amines is 1. The van der Waals surface area contributed by atoms with Crippen LogP contribution in [0.3, 0.4) is 0 Å². The number of hydrogen-bond donors (Lipinski definition) is 2. The Morgan fingerprint density at radius 2 is 1.68 bits per heavy atom. The summed E-state index contributed by atoms with van der Waals surface area (Å²) in [6.07, 6.45) is 0.253. The number of pyridine rings is 1. The summed E-state index contributed by atoms with van der Waals surface area (Å²) in [7, 11) is -3.89. The Bertz CT molecular complexity index is 1340. The Balaban J connectivity index is 1.69. The zero-order chi connectivity index (χ0) is 24.5. The first-order valence-electron chi connectivity index (χ1n) is 11.3. The summed E-state index contributed by atoms with van der Waals surface area (Å²) < 4.78 is 39.4. The Kier molecular flexibility index (Phi) is 6.71. The molecule has 2 heterocycles. The summed E-state index contributed by atoms with van der Waals surface area (Å²) >= 11 is 0. The number of rotatable bonds is 7. The molecule has 0 atom stereocenters. The minimum atomic E-state index is -3.89. The highest BCUT2D eigenvalue weighted by molar-refractivity contribution is 7.89. The fourth-order valence-corrected chi connectivity index (χ4v) is 5.36. The number of H-pyrrole nitrogens is 1. The van der Waals surface area contributed by atoms with E-state index in [-0.39, 0.29) is 42.0 Å². The predicted octanol–water partition coefficient (Wildman–Crippen LogP) is 3.17. The number of nitrogens with one attached hydrogen (secondary N) is 1. The van der Waals surface area contributed by atoms with E-state index in [1.54, 1.807) is 30.3 Å². The molecule has 3 aromatic rings. The SMILES string of the molecule is CC(C)(C)c1ccc(S(=O)(=O)N(CCCO)Cc2cc3cc4c(cc3[nH]c2=O)OCCO4)cc1. The van der Waals surface area contributed by atoms with Crippen LogP contribution in [-0.2, 0) is 22.0 Å². The molecule has 0 bridgehead atoms. The Morgan fingerprint density at radius 1 is 1.03 bits per heavy atom. The van der Waals surface area contributed by atoms with Gasteiger partial charge in [-0.25, -0.2) is 8.42 Å². The number of fused-ring (bicyclic) bond motifs is 2. The van der Waals surface area contributed by atoms with Gasteiger partial charge in [-0.05, 0) is 41.7 Å². The maximum absolute atomic E-state index is 13.5. The average Bonchev–Trinajstić information content (AvgIpc) is 2.80. The second-order valence-corrected chi connectivity index (χ2v) is 11.3. The maximum Gasteiger partial charge on any atom is 0.252 e. The van der Waals surface area contributed by atoms with Crippen molar-refractivity contribution < 1.29 is 23.0 Å². The predicted molar refractivity (Wildman–Crippen MR) is 130 cm³/mol.